The predicted molar refractivity (Wildman–Crippen MR) is 91.8 cm³/mol. The zero-order valence-corrected chi connectivity index (χ0v) is 14.1. The van der Waals surface area contributed by atoms with E-state index in [1.54, 1.807) is 0 Å². The van der Waals surface area contributed by atoms with E-state index in [-0.39, 0.29) is 12.3 Å². The van der Waals surface area contributed by atoms with E-state index in [1.807, 2.05) is 19.3 Å². The van der Waals surface area contributed by atoms with Crippen LogP contribution in [0, 0.1) is 0 Å². The molecule has 2 atom stereocenters. The molecule has 2 N–H and O–H groups in total. The molecule has 0 aliphatic carbocycles. The summed E-state index contributed by atoms with van der Waals surface area (Å²) in [5.74, 6) is 0.353. The summed E-state index contributed by atoms with van der Waals surface area (Å²) in [5, 5.41) is 0. The van der Waals surface area contributed by atoms with Gasteiger partial charge < -0.3 is 15.2 Å². The quantitative estimate of drug-likeness (QED) is 0.826. The third kappa shape index (κ3) is 3.27. The molecular weight excluding hydrogens is 293 g/mol. The summed E-state index contributed by atoms with van der Waals surface area (Å²) in [6.07, 6.45) is 5.21. The van der Waals surface area contributed by atoms with Crippen molar-refractivity contribution in [2.45, 2.75) is 58.3 Å². The van der Waals surface area contributed by atoms with Crippen LogP contribution in [0.15, 0.2) is 0 Å². The Labute approximate surface area is 137 Å². The highest BCUT2D eigenvalue weighted by Crippen LogP contribution is 2.27. The molecule has 0 radical (unpaired) electrons. The number of fused-ring (bicyclic) bond motifs is 1. The first-order valence-corrected chi connectivity index (χ1v) is 8.40. The van der Waals surface area contributed by atoms with E-state index in [1.165, 1.54) is 0 Å². The van der Waals surface area contributed by atoms with Gasteiger partial charge in [-0.2, -0.15) is 9.97 Å². The highest BCUT2D eigenvalue weighted by molar-refractivity contribution is 6.30. The molecule has 3 rings (SSSR count). The van der Waals surface area contributed by atoms with E-state index in [4.69, 9.17) is 15.2 Å². The Morgan fingerprint density at radius 2 is 2.22 bits per heavy atom. The predicted octanol–water partition coefficient (Wildman–Crippen LogP) is 0.933. The summed E-state index contributed by atoms with van der Waals surface area (Å²) < 4.78 is 13.7. The average Bonchev–Trinajstić information content (AvgIpc) is 2.85. The summed E-state index contributed by atoms with van der Waals surface area (Å²) in [6, 6.07) is 0.313. The number of nitrogens with zero attached hydrogens (tertiary/aromatic N) is 4. The van der Waals surface area contributed by atoms with E-state index >= 15 is 0 Å². The molecule has 2 aromatic heterocycles. The van der Waals surface area contributed by atoms with Crippen LogP contribution >= 0.6 is 0 Å². The molecule has 3 heterocycles. The lowest BCUT2D eigenvalue weighted by molar-refractivity contribution is -0.0280. The normalized spacial score (nSPS) is 19.8. The zero-order valence-electron chi connectivity index (χ0n) is 14.1. The second kappa shape index (κ2) is 6.74. The van der Waals surface area contributed by atoms with E-state index in [0.717, 1.165) is 44.4 Å². The minimum atomic E-state index is -0.0380. The fraction of sp³-hybridized carbons (Fsp3) is 0.667. The van der Waals surface area contributed by atoms with Crippen LogP contribution in [0.1, 0.15) is 52.2 Å². The molecule has 8 heteroatoms. The van der Waals surface area contributed by atoms with E-state index in [9.17, 15) is 0 Å². The summed E-state index contributed by atoms with van der Waals surface area (Å²) in [7, 11) is 1.94. The van der Waals surface area contributed by atoms with Gasteiger partial charge in [-0.25, -0.2) is 4.98 Å². The van der Waals surface area contributed by atoms with Crippen LogP contribution < -0.4 is 16.2 Å². The van der Waals surface area contributed by atoms with Crippen LogP contribution in [-0.2, 0) is 4.74 Å². The average molecular weight is 317 g/mol. The molecule has 0 amide bonds. The van der Waals surface area contributed by atoms with Gasteiger partial charge in [-0.1, -0.05) is 13.3 Å². The molecule has 124 valence electrons. The van der Waals surface area contributed by atoms with Gasteiger partial charge in [-0.3, -0.25) is 4.57 Å². The first-order valence-electron chi connectivity index (χ1n) is 8.40. The largest absolute Gasteiger partial charge is 0.460 e. The van der Waals surface area contributed by atoms with Gasteiger partial charge >= 0.3 is 6.01 Å². The maximum atomic E-state index is 6.07. The van der Waals surface area contributed by atoms with Gasteiger partial charge in [0.2, 0.25) is 0 Å². The van der Waals surface area contributed by atoms with E-state index in [0.29, 0.717) is 23.0 Å². The van der Waals surface area contributed by atoms with Crippen LogP contribution in [-0.4, -0.2) is 40.1 Å². The molecule has 1 unspecified atom stereocenters. The number of hydrogen-bond acceptors (Lipinski definition) is 6. The van der Waals surface area contributed by atoms with Crippen molar-refractivity contribution in [3.05, 3.63) is 0 Å². The highest BCUT2D eigenvalue weighted by atomic mass is 16.5. The summed E-state index contributed by atoms with van der Waals surface area (Å²) in [6.45, 7) is 4.90. The Kier molecular flexibility index (Phi) is 4.70. The van der Waals surface area contributed by atoms with Crippen molar-refractivity contribution in [1.29, 1.82) is 0 Å². The standard InChI is InChI=1S/C15H24BN5O2/c1-3-6-9(2)23-15-19-12(17)11-13(20-15)21(14(16)18-11)10-7-4-5-8-22-10/h9-10H,3-8,16H2,1-2H3,(H2,17,19,20)/t9-,10?/m0/s1. The Hall–Kier alpha value is -1.83. The van der Waals surface area contributed by atoms with Gasteiger partial charge in [0.25, 0.3) is 0 Å². The molecule has 1 fully saturated rings. The Morgan fingerprint density at radius 1 is 1.39 bits per heavy atom. The Balaban J connectivity index is 1.99. The molecule has 1 aliphatic rings. The molecular formula is C15H24BN5O2. The van der Waals surface area contributed by atoms with Crippen LogP contribution in [0.5, 0.6) is 6.01 Å². The number of nitrogens with two attached hydrogens (primary N) is 1. The first-order chi connectivity index (χ1) is 11.1. The van der Waals surface area contributed by atoms with Crippen molar-refractivity contribution in [2.75, 3.05) is 12.3 Å². The number of rotatable bonds is 5. The summed E-state index contributed by atoms with van der Waals surface area (Å²) in [4.78, 5) is 13.3. The number of ether oxygens (including phenoxy) is 2. The smallest absolute Gasteiger partial charge is 0.320 e. The number of hydrogen-bond donors (Lipinski definition) is 1. The number of aromatic nitrogens is 4. The zero-order chi connectivity index (χ0) is 16.4. The molecule has 0 spiro atoms. The number of nitrogen functional groups attached to an aromatic ring is 1. The first kappa shape index (κ1) is 16.0. The molecule has 0 saturated carbocycles. The highest BCUT2D eigenvalue weighted by Gasteiger charge is 2.23. The fourth-order valence-corrected chi connectivity index (χ4v) is 3.05. The van der Waals surface area contributed by atoms with Crippen LogP contribution in [0.4, 0.5) is 5.82 Å². The topological polar surface area (TPSA) is 88.1 Å². The van der Waals surface area contributed by atoms with Crippen LogP contribution in [0.2, 0.25) is 0 Å². The second-order valence-corrected chi connectivity index (χ2v) is 6.13. The minimum Gasteiger partial charge on any atom is -0.460 e. The van der Waals surface area contributed by atoms with Crippen LogP contribution in [0.3, 0.4) is 0 Å². The van der Waals surface area contributed by atoms with Crippen molar-refractivity contribution in [3.8, 4) is 6.01 Å². The molecule has 0 aromatic carbocycles. The molecule has 23 heavy (non-hydrogen) atoms. The SMILES string of the molecule is Bc1nc2c(N)nc(O[C@@H](C)CCC)nc2n1C1CCCCO1. The summed E-state index contributed by atoms with van der Waals surface area (Å²) >= 11 is 0. The summed E-state index contributed by atoms with van der Waals surface area (Å²) in [5.41, 5.74) is 8.22. The van der Waals surface area contributed by atoms with E-state index < -0.39 is 0 Å². The van der Waals surface area contributed by atoms with Gasteiger partial charge in [-0.05, 0) is 32.6 Å². The maximum Gasteiger partial charge on any atom is 0.320 e. The van der Waals surface area contributed by atoms with Gasteiger partial charge in [-0.15, -0.1) is 0 Å². The molecule has 0 bridgehead atoms. The van der Waals surface area contributed by atoms with Crippen molar-refractivity contribution in [2.24, 2.45) is 0 Å². The molecule has 1 aliphatic heterocycles. The third-order valence-electron chi connectivity index (χ3n) is 4.17. The molecule has 2 aromatic rings. The van der Waals surface area contributed by atoms with Gasteiger partial charge in [0.15, 0.2) is 19.3 Å². The molecule has 7 nitrogen and oxygen atoms in total. The molecule has 1 saturated heterocycles. The Bertz CT molecular complexity index is 684. The lowest BCUT2D eigenvalue weighted by Gasteiger charge is -2.25. The third-order valence-corrected chi connectivity index (χ3v) is 4.17. The van der Waals surface area contributed by atoms with Crippen LogP contribution in [0.25, 0.3) is 11.2 Å². The Morgan fingerprint density at radius 3 is 2.91 bits per heavy atom. The minimum absolute atomic E-state index is 0.0380. The lowest BCUT2D eigenvalue weighted by Crippen LogP contribution is -2.28. The maximum absolute atomic E-state index is 6.07. The van der Waals surface area contributed by atoms with Gasteiger partial charge in [0.1, 0.15) is 11.7 Å². The monoisotopic (exact) mass is 317 g/mol. The fourth-order valence-electron chi connectivity index (χ4n) is 3.05. The van der Waals surface area contributed by atoms with Crippen molar-refractivity contribution in [1.82, 2.24) is 19.5 Å². The lowest BCUT2D eigenvalue weighted by atomic mass is 10.1. The van der Waals surface area contributed by atoms with Crippen molar-refractivity contribution < 1.29 is 9.47 Å². The second-order valence-electron chi connectivity index (χ2n) is 6.13. The van der Waals surface area contributed by atoms with Gasteiger partial charge in [0.05, 0.1) is 11.8 Å². The number of imidazole rings is 1. The van der Waals surface area contributed by atoms with E-state index in [2.05, 4.69) is 21.9 Å². The van der Waals surface area contributed by atoms with Gasteiger partial charge in [0, 0.05) is 6.61 Å². The number of anilines is 1. The van der Waals surface area contributed by atoms with Crippen molar-refractivity contribution >= 4 is 30.6 Å². The van der Waals surface area contributed by atoms with Crippen molar-refractivity contribution in [3.63, 3.8) is 0 Å².